The van der Waals surface area contributed by atoms with E-state index in [1.807, 2.05) is 44.2 Å². The number of nitrogens with two attached hydrogens (primary N) is 1. The molecule has 0 bridgehead atoms. The fourth-order valence-electron chi connectivity index (χ4n) is 4.61. The number of allylic oxidation sites excluding steroid dienone is 1. The molecule has 36 heavy (non-hydrogen) atoms. The van der Waals surface area contributed by atoms with Crippen LogP contribution in [0.25, 0.3) is 27.7 Å². The molecule has 1 saturated heterocycles. The zero-order valence-electron chi connectivity index (χ0n) is 21.1. The number of ether oxygens (including phenoxy) is 3. The minimum atomic E-state index is -0.299. The Morgan fingerprint density at radius 2 is 1.83 bits per heavy atom. The summed E-state index contributed by atoms with van der Waals surface area (Å²) in [6.45, 7) is 5.29. The van der Waals surface area contributed by atoms with Crippen LogP contribution in [-0.4, -0.2) is 50.6 Å². The smallest absolute Gasteiger partial charge is 0.246 e. The lowest BCUT2D eigenvalue weighted by molar-refractivity contribution is -0.130. The largest absolute Gasteiger partial charge is 0.497 e. The van der Waals surface area contributed by atoms with Crippen molar-refractivity contribution in [2.24, 2.45) is 11.7 Å². The molecule has 8 nitrogen and oxygen atoms in total. The first-order valence-corrected chi connectivity index (χ1v) is 12.0. The van der Waals surface area contributed by atoms with Gasteiger partial charge in [-0.25, -0.2) is 0 Å². The standard InChI is InChI=1S/C28H32N2O6/c1-5-35-25-15-26-22(23(16-36-26)21-13-19(33-3)6-7-24(21)34-4)14-20(25)17(2)12-27(31)30-10-8-18(9-11-30)28(29)32/h6-7,12-16,18H,5,8-11H2,1-4H3,(H2,29,32)/b17-12+. The Morgan fingerprint density at radius 1 is 1.08 bits per heavy atom. The van der Waals surface area contributed by atoms with E-state index in [-0.39, 0.29) is 17.7 Å². The number of primary amides is 1. The summed E-state index contributed by atoms with van der Waals surface area (Å²) in [5.41, 5.74) is 9.34. The third-order valence-corrected chi connectivity index (χ3v) is 6.65. The van der Waals surface area contributed by atoms with Gasteiger partial charge in [-0.2, -0.15) is 0 Å². The molecule has 0 atom stereocenters. The van der Waals surface area contributed by atoms with E-state index >= 15 is 0 Å². The number of carbonyl (C=O) groups excluding carboxylic acids is 2. The topological polar surface area (TPSA) is 104 Å². The van der Waals surface area contributed by atoms with E-state index in [1.54, 1.807) is 31.5 Å². The van der Waals surface area contributed by atoms with Crippen LogP contribution in [0.5, 0.6) is 17.2 Å². The van der Waals surface area contributed by atoms with Crippen molar-refractivity contribution in [3.8, 4) is 28.4 Å². The highest BCUT2D eigenvalue weighted by Gasteiger charge is 2.25. The lowest BCUT2D eigenvalue weighted by atomic mass is 9.96. The first-order valence-electron chi connectivity index (χ1n) is 12.0. The van der Waals surface area contributed by atoms with Crippen molar-refractivity contribution in [3.63, 3.8) is 0 Å². The molecule has 2 N–H and O–H groups in total. The summed E-state index contributed by atoms with van der Waals surface area (Å²) in [7, 11) is 3.24. The maximum atomic E-state index is 13.0. The van der Waals surface area contributed by atoms with Crippen LogP contribution in [0.3, 0.4) is 0 Å². The number of fused-ring (bicyclic) bond motifs is 1. The number of benzene rings is 2. The molecular formula is C28H32N2O6. The monoisotopic (exact) mass is 492 g/mol. The highest BCUT2D eigenvalue weighted by Crippen LogP contribution is 2.41. The normalized spacial score (nSPS) is 14.7. The zero-order chi connectivity index (χ0) is 25.8. The molecule has 1 aliphatic rings. The van der Waals surface area contributed by atoms with Crippen molar-refractivity contribution < 1.29 is 28.2 Å². The summed E-state index contributed by atoms with van der Waals surface area (Å²) in [6.07, 6.45) is 4.49. The van der Waals surface area contributed by atoms with Gasteiger partial charge in [0.15, 0.2) is 0 Å². The van der Waals surface area contributed by atoms with Crippen LogP contribution >= 0.6 is 0 Å². The first kappa shape index (κ1) is 25.2. The van der Waals surface area contributed by atoms with Crippen LogP contribution in [0.1, 0.15) is 32.3 Å². The molecule has 1 fully saturated rings. The molecule has 2 heterocycles. The molecule has 2 amide bonds. The zero-order valence-corrected chi connectivity index (χ0v) is 21.1. The second-order valence-electron chi connectivity index (χ2n) is 8.82. The van der Waals surface area contributed by atoms with E-state index < -0.39 is 0 Å². The number of rotatable bonds is 8. The summed E-state index contributed by atoms with van der Waals surface area (Å²) >= 11 is 0. The molecule has 190 valence electrons. The molecule has 1 aliphatic heterocycles. The van der Waals surface area contributed by atoms with E-state index in [2.05, 4.69) is 0 Å². The molecule has 3 aromatic rings. The van der Waals surface area contributed by atoms with Crippen LogP contribution in [0, 0.1) is 5.92 Å². The van der Waals surface area contributed by atoms with E-state index in [4.69, 9.17) is 24.4 Å². The summed E-state index contributed by atoms with van der Waals surface area (Å²) in [4.78, 5) is 26.2. The lowest BCUT2D eigenvalue weighted by Crippen LogP contribution is -2.41. The number of piperidine rings is 1. The van der Waals surface area contributed by atoms with Crippen LogP contribution in [-0.2, 0) is 9.59 Å². The molecule has 0 saturated carbocycles. The second kappa shape index (κ2) is 10.8. The molecule has 0 unspecified atom stereocenters. The Hall–Kier alpha value is -3.94. The lowest BCUT2D eigenvalue weighted by Gasteiger charge is -2.30. The molecule has 0 radical (unpaired) electrons. The van der Waals surface area contributed by atoms with E-state index in [0.717, 1.165) is 27.6 Å². The van der Waals surface area contributed by atoms with Gasteiger partial charge in [0, 0.05) is 53.2 Å². The average Bonchev–Trinajstić information content (AvgIpc) is 3.30. The van der Waals surface area contributed by atoms with Gasteiger partial charge in [0.05, 0.1) is 27.1 Å². The van der Waals surface area contributed by atoms with Gasteiger partial charge in [-0.15, -0.1) is 0 Å². The number of furan rings is 1. The van der Waals surface area contributed by atoms with Crippen LogP contribution < -0.4 is 19.9 Å². The minimum Gasteiger partial charge on any atom is -0.497 e. The predicted octanol–water partition coefficient (Wildman–Crippen LogP) is 4.64. The number of methoxy groups -OCH3 is 2. The number of nitrogens with zero attached hydrogens (tertiary/aromatic N) is 1. The predicted molar refractivity (Wildman–Crippen MR) is 138 cm³/mol. The summed E-state index contributed by atoms with van der Waals surface area (Å²) < 4.78 is 22.8. The third kappa shape index (κ3) is 5.03. The Kier molecular flexibility index (Phi) is 7.52. The number of likely N-dealkylation sites (tertiary alicyclic amines) is 1. The Labute approximate surface area is 210 Å². The SMILES string of the molecule is CCOc1cc2occ(-c3cc(OC)ccc3OC)c2cc1/C(C)=C/C(=O)N1CCC(C(N)=O)CC1. The maximum Gasteiger partial charge on any atom is 0.246 e. The molecular weight excluding hydrogens is 460 g/mol. The van der Waals surface area contributed by atoms with Gasteiger partial charge in [-0.05, 0) is 56.5 Å². The van der Waals surface area contributed by atoms with Gasteiger partial charge in [0.25, 0.3) is 0 Å². The third-order valence-electron chi connectivity index (χ3n) is 6.65. The highest BCUT2D eigenvalue weighted by atomic mass is 16.5. The fourth-order valence-corrected chi connectivity index (χ4v) is 4.61. The summed E-state index contributed by atoms with van der Waals surface area (Å²) in [5, 5.41) is 0.863. The van der Waals surface area contributed by atoms with Gasteiger partial charge in [-0.3, -0.25) is 9.59 Å². The van der Waals surface area contributed by atoms with Crippen LogP contribution in [0.4, 0.5) is 0 Å². The van der Waals surface area contributed by atoms with E-state index in [1.165, 1.54) is 0 Å². The summed E-state index contributed by atoms with van der Waals surface area (Å²) in [5.74, 6) is 1.47. The van der Waals surface area contributed by atoms with Crippen LogP contribution in [0.2, 0.25) is 0 Å². The first-order chi connectivity index (χ1) is 17.4. The van der Waals surface area contributed by atoms with Crippen molar-refractivity contribution in [3.05, 3.63) is 48.2 Å². The van der Waals surface area contributed by atoms with Crippen molar-refractivity contribution in [1.82, 2.24) is 4.90 Å². The van der Waals surface area contributed by atoms with Crippen molar-refractivity contribution >= 4 is 28.4 Å². The molecule has 2 aromatic carbocycles. The van der Waals surface area contributed by atoms with Crippen molar-refractivity contribution in [2.45, 2.75) is 26.7 Å². The average molecular weight is 493 g/mol. The Balaban J connectivity index is 1.72. The van der Waals surface area contributed by atoms with Gasteiger partial charge in [0.2, 0.25) is 11.8 Å². The second-order valence-corrected chi connectivity index (χ2v) is 8.82. The fraction of sp³-hybridized carbons (Fsp3) is 0.357. The van der Waals surface area contributed by atoms with E-state index in [0.29, 0.717) is 55.4 Å². The van der Waals surface area contributed by atoms with Crippen molar-refractivity contribution in [1.29, 1.82) is 0 Å². The maximum absolute atomic E-state index is 13.0. The molecule has 0 spiro atoms. The molecule has 4 rings (SSSR count). The highest BCUT2D eigenvalue weighted by molar-refractivity contribution is 6.01. The molecule has 0 aliphatic carbocycles. The number of hydrogen-bond donors (Lipinski definition) is 1. The van der Waals surface area contributed by atoms with E-state index in [9.17, 15) is 9.59 Å². The Morgan fingerprint density at radius 3 is 2.47 bits per heavy atom. The van der Waals surface area contributed by atoms with Gasteiger partial charge >= 0.3 is 0 Å². The van der Waals surface area contributed by atoms with Crippen molar-refractivity contribution in [2.75, 3.05) is 33.9 Å². The van der Waals surface area contributed by atoms with Gasteiger partial charge in [-0.1, -0.05) is 0 Å². The Bertz CT molecular complexity index is 1300. The quantitative estimate of drug-likeness (QED) is 0.459. The number of amides is 2. The van der Waals surface area contributed by atoms with Gasteiger partial charge < -0.3 is 29.3 Å². The molecule has 8 heteroatoms. The van der Waals surface area contributed by atoms with Gasteiger partial charge in [0.1, 0.15) is 22.8 Å². The number of carbonyl (C=O) groups is 2. The summed E-state index contributed by atoms with van der Waals surface area (Å²) in [6, 6.07) is 9.43. The number of hydrogen-bond acceptors (Lipinski definition) is 6. The molecule has 1 aromatic heterocycles. The minimum absolute atomic E-state index is 0.0974. The van der Waals surface area contributed by atoms with Crippen LogP contribution in [0.15, 0.2) is 47.1 Å².